The number of aliphatic hydroxyl groups is 1. The molecule has 0 aliphatic heterocycles. The summed E-state index contributed by atoms with van der Waals surface area (Å²) in [5, 5.41) is 10.5. The highest BCUT2D eigenvalue weighted by Gasteiger charge is 2.16. The van der Waals surface area contributed by atoms with Crippen LogP contribution in [0.5, 0.6) is 0 Å². The van der Waals surface area contributed by atoms with Crippen molar-refractivity contribution in [2.75, 3.05) is 0 Å². The van der Waals surface area contributed by atoms with Crippen LogP contribution in [0.2, 0.25) is 0 Å². The molecule has 2 aromatic rings. The number of benzene rings is 1. The Labute approximate surface area is 136 Å². The molecule has 1 unspecified atom stereocenters. The second-order valence-corrected chi connectivity index (χ2v) is 7.04. The molecule has 20 heavy (non-hydrogen) atoms. The van der Waals surface area contributed by atoms with Crippen molar-refractivity contribution in [3.63, 3.8) is 0 Å². The van der Waals surface area contributed by atoms with Crippen LogP contribution in [0, 0.1) is 5.92 Å². The number of halogens is 2. The Bertz CT molecular complexity index is 599. The maximum Gasteiger partial charge on any atom is 0.122 e. The first-order chi connectivity index (χ1) is 9.47. The van der Waals surface area contributed by atoms with Crippen LogP contribution in [0.4, 0.5) is 0 Å². The number of nitrogens with zero attached hydrogens (tertiary/aromatic N) is 1. The zero-order valence-electron chi connectivity index (χ0n) is 11.5. The average molecular weight is 399 g/mol. The second-order valence-electron chi connectivity index (χ2n) is 5.27. The Balaban J connectivity index is 2.30. The molecule has 106 valence electrons. The van der Waals surface area contributed by atoms with Gasteiger partial charge in [-0.2, -0.15) is 0 Å². The van der Waals surface area contributed by atoms with Crippen LogP contribution < -0.4 is 0 Å². The monoisotopic (exact) mass is 397 g/mol. The summed E-state index contributed by atoms with van der Waals surface area (Å²) in [5.74, 6) is 0.597. The minimum absolute atomic E-state index is 0.597. The van der Waals surface area contributed by atoms with E-state index in [0.29, 0.717) is 11.6 Å². The molecular weight excluding hydrogens is 382 g/mol. The Morgan fingerprint density at radius 1 is 1.20 bits per heavy atom. The zero-order chi connectivity index (χ0) is 14.7. The summed E-state index contributed by atoms with van der Waals surface area (Å²) in [7, 11) is 0. The summed E-state index contributed by atoms with van der Waals surface area (Å²) in [6, 6.07) is 9.97. The quantitative estimate of drug-likeness (QED) is 0.795. The minimum atomic E-state index is -0.718. The van der Waals surface area contributed by atoms with Gasteiger partial charge in [-0.3, -0.25) is 4.98 Å². The number of hydrogen-bond acceptors (Lipinski definition) is 2. The SMILES string of the molecule is CC(C)Cc1cccc(C(O)c2ncc(Br)cc2Br)c1. The molecule has 4 heteroatoms. The third-order valence-corrected chi connectivity index (χ3v) is 4.07. The first-order valence-electron chi connectivity index (χ1n) is 6.55. The summed E-state index contributed by atoms with van der Waals surface area (Å²) in [6.07, 6.45) is 1.99. The Morgan fingerprint density at radius 3 is 2.60 bits per heavy atom. The molecule has 0 saturated carbocycles. The van der Waals surface area contributed by atoms with Crippen LogP contribution in [-0.2, 0) is 6.42 Å². The molecule has 0 radical (unpaired) electrons. The van der Waals surface area contributed by atoms with Crippen LogP contribution in [0.15, 0.2) is 45.5 Å². The molecule has 0 spiro atoms. The van der Waals surface area contributed by atoms with E-state index in [0.717, 1.165) is 20.9 Å². The van der Waals surface area contributed by atoms with Gasteiger partial charge in [0, 0.05) is 15.1 Å². The third-order valence-electron chi connectivity index (χ3n) is 3.01. The van der Waals surface area contributed by atoms with Gasteiger partial charge in [0.2, 0.25) is 0 Å². The van der Waals surface area contributed by atoms with Crippen LogP contribution in [-0.4, -0.2) is 10.1 Å². The summed E-state index contributed by atoms with van der Waals surface area (Å²) in [4.78, 5) is 4.30. The fourth-order valence-corrected chi connectivity index (χ4v) is 3.35. The lowest BCUT2D eigenvalue weighted by atomic mass is 9.98. The van der Waals surface area contributed by atoms with E-state index in [1.807, 2.05) is 18.2 Å². The Kier molecular flexibility index (Phi) is 5.35. The highest BCUT2D eigenvalue weighted by atomic mass is 79.9. The van der Waals surface area contributed by atoms with Crippen molar-refractivity contribution in [2.24, 2.45) is 5.92 Å². The summed E-state index contributed by atoms with van der Waals surface area (Å²) < 4.78 is 1.68. The standard InChI is InChI=1S/C16H17Br2NO/c1-10(2)6-11-4-3-5-12(7-11)16(20)15-14(18)8-13(17)9-19-15/h3-5,7-10,16,20H,6H2,1-2H3. The predicted molar refractivity (Wildman–Crippen MR) is 88.7 cm³/mol. The van der Waals surface area contributed by atoms with E-state index >= 15 is 0 Å². The molecule has 0 amide bonds. The Morgan fingerprint density at radius 2 is 1.95 bits per heavy atom. The molecule has 1 heterocycles. The highest BCUT2D eigenvalue weighted by Crippen LogP contribution is 2.29. The van der Waals surface area contributed by atoms with Crippen molar-refractivity contribution in [1.82, 2.24) is 4.98 Å². The van der Waals surface area contributed by atoms with Gasteiger partial charge in [-0.05, 0) is 61.4 Å². The molecular formula is C16H17Br2NO. The fraction of sp³-hybridized carbons (Fsp3) is 0.312. The number of rotatable bonds is 4. The smallest absolute Gasteiger partial charge is 0.122 e. The van der Waals surface area contributed by atoms with Gasteiger partial charge in [0.15, 0.2) is 0 Å². The summed E-state index contributed by atoms with van der Waals surface area (Å²) in [5.41, 5.74) is 2.75. The van der Waals surface area contributed by atoms with Gasteiger partial charge >= 0.3 is 0 Å². The maximum atomic E-state index is 10.5. The largest absolute Gasteiger partial charge is 0.382 e. The van der Waals surface area contributed by atoms with Gasteiger partial charge in [-0.15, -0.1) is 0 Å². The molecule has 2 rings (SSSR count). The Hall–Kier alpha value is -0.710. The van der Waals surface area contributed by atoms with Gasteiger partial charge < -0.3 is 5.11 Å². The van der Waals surface area contributed by atoms with Crippen molar-refractivity contribution >= 4 is 31.9 Å². The molecule has 0 aliphatic carbocycles. The number of aromatic nitrogens is 1. The second kappa shape index (κ2) is 6.83. The van der Waals surface area contributed by atoms with E-state index in [9.17, 15) is 5.11 Å². The van der Waals surface area contributed by atoms with E-state index in [-0.39, 0.29) is 0 Å². The van der Waals surface area contributed by atoms with E-state index in [4.69, 9.17) is 0 Å². The van der Waals surface area contributed by atoms with Crippen LogP contribution in [0.25, 0.3) is 0 Å². The zero-order valence-corrected chi connectivity index (χ0v) is 14.6. The molecule has 2 nitrogen and oxygen atoms in total. The van der Waals surface area contributed by atoms with Crippen molar-refractivity contribution in [3.8, 4) is 0 Å². The van der Waals surface area contributed by atoms with E-state index in [1.165, 1.54) is 5.56 Å². The van der Waals surface area contributed by atoms with Gasteiger partial charge in [0.05, 0.1) is 5.69 Å². The van der Waals surface area contributed by atoms with Crippen LogP contribution in [0.3, 0.4) is 0 Å². The number of hydrogen-bond donors (Lipinski definition) is 1. The normalized spacial score (nSPS) is 12.7. The third kappa shape index (κ3) is 3.90. The van der Waals surface area contributed by atoms with Crippen molar-refractivity contribution < 1.29 is 5.11 Å². The van der Waals surface area contributed by atoms with E-state index in [2.05, 4.69) is 62.8 Å². The first kappa shape index (κ1) is 15.7. The molecule has 0 fully saturated rings. The summed E-state index contributed by atoms with van der Waals surface area (Å²) in [6.45, 7) is 4.38. The van der Waals surface area contributed by atoms with Crippen molar-refractivity contribution in [2.45, 2.75) is 26.4 Å². The van der Waals surface area contributed by atoms with Gasteiger partial charge in [0.1, 0.15) is 6.10 Å². The molecule has 1 aromatic carbocycles. The van der Waals surface area contributed by atoms with Gasteiger partial charge in [-0.25, -0.2) is 0 Å². The lowest BCUT2D eigenvalue weighted by Crippen LogP contribution is -2.04. The highest BCUT2D eigenvalue weighted by molar-refractivity contribution is 9.11. The number of aliphatic hydroxyl groups excluding tert-OH is 1. The molecule has 1 N–H and O–H groups in total. The van der Waals surface area contributed by atoms with Crippen molar-refractivity contribution in [1.29, 1.82) is 0 Å². The summed E-state index contributed by atoms with van der Waals surface area (Å²) >= 11 is 6.82. The van der Waals surface area contributed by atoms with Crippen molar-refractivity contribution in [3.05, 3.63) is 62.3 Å². The maximum absolute atomic E-state index is 10.5. The van der Waals surface area contributed by atoms with Gasteiger partial charge in [0.25, 0.3) is 0 Å². The molecule has 1 aromatic heterocycles. The molecule has 0 saturated heterocycles. The molecule has 1 atom stereocenters. The topological polar surface area (TPSA) is 33.1 Å². The first-order valence-corrected chi connectivity index (χ1v) is 8.14. The molecule has 0 bridgehead atoms. The average Bonchev–Trinajstić information content (AvgIpc) is 2.37. The van der Waals surface area contributed by atoms with E-state index < -0.39 is 6.10 Å². The minimum Gasteiger partial charge on any atom is -0.382 e. The predicted octanol–water partition coefficient (Wildman–Crippen LogP) is 4.89. The van der Waals surface area contributed by atoms with Gasteiger partial charge in [-0.1, -0.05) is 38.1 Å². The van der Waals surface area contributed by atoms with Crippen LogP contribution in [0.1, 0.15) is 36.8 Å². The lowest BCUT2D eigenvalue weighted by Gasteiger charge is -2.14. The fourth-order valence-electron chi connectivity index (χ4n) is 2.15. The van der Waals surface area contributed by atoms with E-state index in [1.54, 1.807) is 6.20 Å². The number of pyridine rings is 1. The lowest BCUT2D eigenvalue weighted by molar-refractivity contribution is 0.214. The van der Waals surface area contributed by atoms with Crippen LogP contribution >= 0.6 is 31.9 Å². The molecule has 0 aliphatic rings.